The zero-order valence-electron chi connectivity index (χ0n) is 14.2. The fourth-order valence-electron chi connectivity index (χ4n) is 2.66. The van der Waals surface area contributed by atoms with Gasteiger partial charge >= 0.3 is 0 Å². The van der Waals surface area contributed by atoms with Crippen molar-refractivity contribution in [1.82, 2.24) is 14.8 Å². The van der Waals surface area contributed by atoms with Crippen molar-refractivity contribution in [3.8, 4) is 0 Å². The van der Waals surface area contributed by atoms with Crippen LogP contribution >= 0.6 is 23.4 Å². The highest BCUT2D eigenvalue weighted by Crippen LogP contribution is 2.36. The van der Waals surface area contributed by atoms with Crippen LogP contribution in [0.1, 0.15) is 24.6 Å². The molecule has 27 heavy (non-hydrogen) atoms. The van der Waals surface area contributed by atoms with Crippen LogP contribution in [0, 0.1) is 5.82 Å². The van der Waals surface area contributed by atoms with Gasteiger partial charge in [0.05, 0.1) is 0 Å². The van der Waals surface area contributed by atoms with Gasteiger partial charge in [0, 0.05) is 27.4 Å². The lowest BCUT2D eigenvalue weighted by Gasteiger charge is -2.13. The summed E-state index contributed by atoms with van der Waals surface area (Å²) in [5, 5.41) is 12.1. The van der Waals surface area contributed by atoms with E-state index in [1.165, 1.54) is 23.9 Å². The summed E-state index contributed by atoms with van der Waals surface area (Å²) in [5.74, 6) is 0.508. The van der Waals surface area contributed by atoms with Crippen molar-refractivity contribution >= 4 is 35.0 Å². The molecule has 1 fully saturated rings. The highest BCUT2D eigenvalue weighted by molar-refractivity contribution is 7.98. The molecule has 0 aliphatic heterocycles. The van der Waals surface area contributed by atoms with Crippen LogP contribution in [0.4, 0.5) is 16.0 Å². The SMILES string of the molecule is O=c1c(CSc2ccc(F)cc2)nnc(Nc2cccc(Cl)c2)n1C1CC1. The zero-order valence-corrected chi connectivity index (χ0v) is 15.8. The third kappa shape index (κ3) is 4.31. The van der Waals surface area contributed by atoms with Gasteiger partial charge in [-0.15, -0.1) is 22.0 Å². The van der Waals surface area contributed by atoms with Crippen molar-refractivity contribution in [1.29, 1.82) is 0 Å². The zero-order chi connectivity index (χ0) is 18.8. The highest BCUT2D eigenvalue weighted by Gasteiger charge is 2.29. The van der Waals surface area contributed by atoms with Crippen LogP contribution in [0.2, 0.25) is 5.02 Å². The van der Waals surface area contributed by atoms with Crippen molar-refractivity contribution in [2.24, 2.45) is 0 Å². The van der Waals surface area contributed by atoms with Gasteiger partial charge in [0.15, 0.2) is 0 Å². The molecule has 1 aliphatic rings. The molecule has 0 amide bonds. The van der Waals surface area contributed by atoms with Crippen molar-refractivity contribution in [3.05, 3.63) is 75.4 Å². The number of anilines is 2. The number of hydrogen-bond acceptors (Lipinski definition) is 5. The Kier molecular flexibility index (Phi) is 5.13. The summed E-state index contributed by atoms with van der Waals surface area (Å²) in [6.45, 7) is 0. The highest BCUT2D eigenvalue weighted by atomic mass is 35.5. The van der Waals surface area contributed by atoms with Crippen molar-refractivity contribution in [2.45, 2.75) is 29.5 Å². The van der Waals surface area contributed by atoms with Gasteiger partial charge in [-0.2, -0.15) is 0 Å². The molecule has 0 radical (unpaired) electrons. The Morgan fingerprint density at radius 3 is 2.67 bits per heavy atom. The molecule has 0 atom stereocenters. The van der Waals surface area contributed by atoms with Gasteiger partial charge in [0.2, 0.25) is 5.95 Å². The molecule has 4 rings (SSSR count). The van der Waals surface area contributed by atoms with Crippen molar-refractivity contribution in [2.75, 3.05) is 5.32 Å². The maximum absolute atomic E-state index is 13.0. The Balaban J connectivity index is 1.58. The molecule has 8 heteroatoms. The van der Waals surface area contributed by atoms with E-state index in [1.54, 1.807) is 28.8 Å². The quantitative estimate of drug-likeness (QED) is 0.600. The topological polar surface area (TPSA) is 59.8 Å². The van der Waals surface area contributed by atoms with Gasteiger partial charge in [-0.25, -0.2) is 4.39 Å². The molecular formula is C19H16ClFN4OS. The number of nitrogens with one attached hydrogen (secondary N) is 1. The second-order valence-electron chi connectivity index (χ2n) is 6.25. The lowest BCUT2D eigenvalue weighted by atomic mass is 10.3. The number of thioether (sulfide) groups is 1. The van der Waals surface area contributed by atoms with Crippen molar-refractivity contribution < 1.29 is 4.39 Å². The third-order valence-electron chi connectivity index (χ3n) is 4.14. The molecular weight excluding hydrogens is 387 g/mol. The van der Waals surface area contributed by atoms with E-state index in [9.17, 15) is 9.18 Å². The molecule has 1 heterocycles. The summed E-state index contributed by atoms with van der Waals surface area (Å²) in [4.78, 5) is 13.8. The summed E-state index contributed by atoms with van der Waals surface area (Å²) >= 11 is 7.45. The van der Waals surface area contributed by atoms with Crippen LogP contribution in [0.25, 0.3) is 0 Å². The van der Waals surface area contributed by atoms with E-state index in [2.05, 4.69) is 15.5 Å². The fourth-order valence-corrected chi connectivity index (χ4v) is 3.66. The molecule has 0 bridgehead atoms. The molecule has 5 nitrogen and oxygen atoms in total. The predicted octanol–water partition coefficient (Wildman–Crippen LogP) is 4.80. The molecule has 0 unspecified atom stereocenters. The van der Waals surface area contributed by atoms with Gasteiger partial charge < -0.3 is 5.32 Å². The number of nitrogens with zero attached hydrogens (tertiary/aromatic N) is 3. The van der Waals surface area contributed by atoms with Crippen LogP contribution in [0.3, 0.4) is 0 Å². The number of rotatable bonds is 6. The van der Waals surface area contributed by atoms with Crippen LogP contribution in [0.15, 0.2) is 58.2 Å². The van der Waals surface area contributed by atoms with Gasteiger partial charge in [0.25, 0.3) is 5.56 Å². The molecule has 1 aromatic heterocycles. The summed E-state index contributed by atoms with van der Waals surface area (Å²) in [6, 6.07) is 13.5. The Labute approximate surface area is 164 Å². The molecule has 1 N–H and O–H groups in total. The largest absolute Gasteiger partial charge is 0.324 e. The van der Waals surface area contributed by atoms with E-state index in [1.807, 2.05) is 12.1 Å². The first-order valence-electron chi connectivity index (χ1n) is 8.49. The van der Waals surface area contributed by atoms with E-state index in [0.717, 1.165) is 23.4 Å². The number of aromatic nitrogens is 3. The standard InChI is InChI=1S/C19H16ClFN4OS/c20-12-2-1-3-14(10-12)22-19-24-23-17(18(26)25(19)15-6-7-15)11-27-16-8-4-13(21)5-9-16/h1-5,8-10,15H,6-7,11H2,(H,22,24). The number of benzene rings is 2. The second kappa shape index (κ2) is 7.70. The summed E-state index contributed by atoms with van der Waals surface area (Å²) in [6.07, 6.45) is 1.89. The molecule has 0 spiro atoms. The Morgan fingerprint density at radius 1 is 1.19 bits per heavy atom. The predicted molar refractivity (Wildman–Crippen MR) is 105 cm³/mol. The first-order valence-corrected chi connectivity index (χ1v) is 9.85. The minimum absolute atomic E-state index is 0.143. The van der Waals surface area contributed by atoms with Gasteiger partial charge in [0.1, 0.15) is 11.5 Å². The minimum Gasteiger partial charge on any atom is -0.324 e. The maximum atomic E-state index is 13.0. The van der Waals surface area contributed by atoms with E-state index in [0.29, 0.717) is 22.4 Å². The van der Waals surface area contributed by atoms with Gasteiger partial charge in [-0.1, -0.05) is 17.7 Å². The third-order valence-corrected chi connectivity index (χ3v) is 5.40. The Morgan fingerprint density at radius 2 is 1.96 bits per heavy atom. The van der Waals surface area contributed by atoms with E-state index < -0.39 is 0 Å². The average molecular weight is 403 g/mol. The molecule has 2 aromatic carbocycles. The van der Waals surface area contributed by atoms with E-state index in [4.69, 9.17) is 11.6 Å². The lowest BCUT2D eigenvalue weighted by Crippen LogP contribution is -2.27. The van der Waals surface area contributed by atoms with Gasteiger partial charge in [-0.3, -0.25) is 9.36 Å². The van der Waals surface area contributed by atoms with E-state index in [-0.39, 0.29) is 17.4 Å². The lowest BCUT2D eigenvalue weighted by molar-refractivity contribution is 0.626. The normalized spacial score (nSPS) is 13.6. The Bertz CT molecular complexity index is 1020. The minimum atomic E-state index is -0.285. The maximum Gasteiger partial charge on any atom is 0.278 e. The summed E-state index contributed by atoms with van der Waals surface area (Å²) in [7, 11) is 0. The molecule has 1 aliphatic carbocycles. The smallest absolute Gasteiger partial charge is 0.278 e. The summed E-state index contributed by atoms with van der Waals surface area (Å²) < 4.78 is 14.7. The van der Waals surface area contributed by atoms with Crippen LogP contribution in [-0.2, 0) is 5.75 Å². The van der Waals surface area contributed by atoms with Crippen LogP contribution in [0.5, 0.6) is 0 Å². The van der Waals surface area contributed by atoms with Crippen molar-refractivity contribution in [3.63, 3.8) is 0 Å². The van der Waals surface area contributed by atoms with Crippen LogP contribution < -0.4 is 10.9 Å². The first-order chi connectivity index (χ1) is 13.1. The van der Waals surface area contributed by atoms with Gasteiger partial charge in [-0.05, 0) is 55.3 Å². The molecule has 1 saturated carbocycles. The Hall–Kier alpha value is -2.38. The van der Waals surface area contributed by atoms with E-state index >= 15 is 0 Å². The monoisotopic (exact) mass is 402 g/mol. The van der Waals surface area contributed by atoms with Crippen LogP contribution in [-0.4, -0.2) is 14.8 Å². The average Bonchev–Trinajstić information content (AvgIpc) is 3.47. The first kappa shape index (κ1) is 18.0. The number of halogens is 2. The fraction of sp³-hybridized carbons (Fsp3) is 0.211. The molecule has 138 valence electrons. The summed E-state index contributed by atoms with van der Waals surface area (Å²) in [5.41, 5.74) is 0.985. The molecule has 3 aromatic rings. The number of hydrogen-bond donors (Lipinski definition) is 1. The molecule has 0 saturated heterocycles. The second-order valence-corrected chi connectivity index (χ2v) is 7.74.